The molecule has 7 heteroatoms. The molecule has 136 valence electrons. The molecule has 1 aliphatic rings. The number of aromatic carboxylic acids is 1. The van der Waals surface area contributed by atoms with Gasteiger partial charge in [-0.05, 0) is 44.5 Å². The SMILES string of the molecule is CCN(CC)C(=O)N1CCN(C(=O)c2cc(C)cc(C(=O)O)c2)CC1. The molecule has 25 heavy (non-hydrogen) atoms. The number of amides is 3. The highest BCUT2D eigenvalue weighted by molar-refractivity contribution is 5.98. The fourth-order valence-corrected chi connectivity index (χ4v) is 3.01. The minimum atomic E-state index is -1.05. The molecule has 1 saturated heterocycles. The number of carboxylic acid groups (broad SMARTS) is 1. The summed E-state index contributed by atoms with van der Waals surface area (Å²) in [6.07, 6.45) is 0. The maximum absolute atomic E-state index is 12.7. The maximum atomic E-state index is 12.7. The average Bonchev–Trinajstić information content (AvgIpc) is 2.61. The number of carboxylic acids is 1. The van der Waals surface area contributed by atoms with E-state index in [2.05, 4.69) is 0 Å². The maximum Gasteiger partial charge on any atom is 0.335 e. The first-order valence-corrected chi connectivity index (χ1v) is 8.55. The van der Waals surface area contributed by atoms with Gasteiger partial charge in [0, 0.05) is 44.8 Å². The molecule has 0 atom stereocenters. The predicted octanol–water partition coefficient (Wildman–Crippen LogP) is 1.91. The van der Waals surface area contributed by atoms with E-state index < -0.39 is 5.97 Å². The van der Waals surface area contributed by atoms with Crippen molar-refractivity contribution >= 4 is 17.9 Å². The molecule has 1 aliphatic heterocycles. The fraction of sp³-hybridized carbons (Fsp3) is 0.500. The van der Waals surface area contributed by atoms with E-state index >= 15 is 0 Å². The van der Waals surface area contributed by atoms with Crippen LogP contribution in [-0.4, -0.2) is 77.0 Å². The van der Waals surface area contributed by atoms with Gasteiger partial charge in [-0.15, -0.1) is 0 Å². The van der Waals surface area contributed by atoms with E-state index in [9.17, 15) is 14.4 Å². The van der Waals surface area contributed by atoms with Crippen molar-refractivity contribution in [1.29, 1.82) is 0 Å². The first-order valence-electron chi connectivity index (χ1n) is 8.55. The number of benzene rings is 1. The molecule has 0 radical (unpaired) electrons. The van der Waals surface area contributed by atoms with Crippen LogP contribution in [0.2, 0.25) is 0 Å². The van der Waals surface area contributed by atoms with Crippen molar-refractivity contribution in [3.05, 3.63) is 34.9 Å². The van der Waals surface area contributed by atoms with Crippen molar-refractivity contribution in [1.82, 2.24) is 14.7 Å². The standard InChI is InChI=1S/C18H25N3O4/c1-4-19(5-2)18(25)21-8-6-20(7-9-21)16(22)14-10-13(3)11-15(12-14)17(23)24/h10-12H,4-9H2,1-3H3,(H,23,24). The molecule has 1 heterocycles. The summed E-state index contributed by atoms with van der Waals surface area (Å²) >= 11 is 0. The second-order valence-electron chi connectivity index (χ2n) is 6.13. The Morgan fingerprint density at radius 3 is 2.00 bits per heavy atom. The van der Waals surface area contributed by atoms with Crippen LogP contribution < -0.4 is 0 Å². The van der Waals surface area contributed by atoms with Gasteiger partial charge >= 0.3 is 12.0 Å². The molecule has 0 saturated carbocycles. The molecule has 1 aromatic carbocycles. The van der Waals surface area contributed by atoms with Gasteiger partial charge in [-0.25, -0.2) is 9.59 Å². The summed E-state index contributed by atoms with van der Waals surface area (Å²) in [5.41, 5.74) is 1.22. The highest BCUT2D eigenvalue weighted by Crippen LogP contribution is 2.14. The first-order chi connectivity index (χ1) is 11.9. The van der Waals surface area contributed by atoms with Crippen LogP contribution in [-0.2, 0) is 0 Å². The van der Waals surface area contributed by atoms with Crippen molar-refractivity contribution in [2.24, 2.45) is 0 Å². The van der Waals surface area contributed by atoms with Gasteiger partial charge in [0.1, 0.15) is 0 Å². The Kier molecular flexibility index (Phi) is 6.01. The Hall–Kier alpha value is -2.57. The zero-order valence-electron chi connectivity index (χ0n) is 15.0. The van der Waals surface area contributed by atoms with Crippen LogP contribution in [0.15, 0.2) is 18.2 Å². The van der Waals surface area contributed by atoms with Crippen molar-refractivity contribution in [2.75, 3.05) is 39.3 Å². The van der Waals surface area contributed by atoms with E-state index in [-0.39, 0.29) is 17.5 Å². The Bertz CT molecular complexity index is 662. The molecule has 1 fully saturated rings. The molecule has 1 N–H and O–H groups in total. The molecule has 1 aromatic rings. The summed E-state index contributed by atoms with van der Waals surface area (Å²) < 4.78 is 0. The molecule has 0 bridgehead atoms. The number of hydrogen-bond donors (Lipinski definition) is 1. The van der Waals surface area contributed by atoms with E-state index in [4.69, 9.17) is 5.11 Å². The number of carbonyl (C=O) groups excluding carboxylic acids is 2. The second kappa shape index (κ2) is 8.00. The van der Waals surface area contributed by atoms with E-state index in [1.165, 1.54) is 6.07 Å². The monoisotopic (exact) mass is 347 g/mol. The van der Waals surface area contributed by atoms with Gasteiger partial charge in [0.25, 0.3) is 5.91 Å². The number of aryl methyl sites for hydroxylation is 1. The molecule has 2 rings (SSSR count). The van der Waals surface area contributed by atoms with Gasteiger partial charge in [0.15, 0.2) is 0 Å². The lowest BCUT2D eigenvalue weighted by molar-refractivity contribution is 0.0641. The molecule has 0 spiro atoms. The van der Waals surface area contributed by atoms with E-state index in [1.807, 2.05) is 13.8 Å². The van der Waals surface area contributed by atoms with Gasteiger partial charge in [0.2, 0.25) is 0 Å². The summed E-state index contributed by atoms with van der Waals surface area (Å²) in [5.74, 6) is -1.24. The third kappa shape index (κ3) is 4.29. The third-order valence-electron chi connectivity index (χ3n) is 4.44. The highest BCUT2D eigenvalue weighted by Gasteiger charge is 2.27. The summed E-state index contributed by atoms with van der Waals surface area (Å²) in [5, 5.41) is 9.15. The minimum Gasteiger partial charge on any atom is -0.478 e. The normalized spacial score (nSPS) is 14.4. The van der Waals surface area contributed by atoms with Crippen LogP contribution in [0.4, 0.5) is 4.79 Å². The van der Waals surface area contributed by atoms with Crippen LogP contribution in [0.5, 0.6) is 0 Å². The zero-order valence-corrected chi connectivity index (χ0v) is 15.0. The average molecular weight is 347 g/mol. The molecular weight excluding hydrogens is 322 g/mol. The number of hydrogen-bond acceptors (Lipinski definition) is 3. The first kappa shape index (κ1) is 18.8. The third-order valence-corrected chi connectivity index (χ3v) is 4.44. The van der Waals surface area contributed by atoms with E-state index in [1.54, 1.807) is 33.8 Å². The smallest absolute Gasteiger partial charge is 0.335 e. The Morgan fingerprint density at radius 2 is 1.48 bits per heavy atom. The van der Waals surface area contributed by atoms with Gasteiger partial charge in [-0.1, -0.05) is 0 Å². The number of nitrogens with zero attached hydrogens (tertiary/aromatic N) is 3. The summed E-state index contributed by atoms with van der Waals surface area (Å²) in [6.45, 7) is 8.84. The molecule has 0 aromatic heterocycles. The van der Waals surface area contributed by atoms with Crippen LogP contribution in [0.1, 0.15) is 40.1 Å². The predicted molar refractivity (Wildman–Crippen MR) is 93.9 cm³/mol. The summed E-state index contributed by atoms with van der Waals surface area (Å²) in [7, 11) is 0. The van der Waals surface area contributed by atoms with Crippen LogP contribution in [0, 0.1) is 6.92 Å². The number of urea groups is 1. The van der Waals surface area contributed by atoms with Crippen molar-refractivity contribution < 1.29 is 19.5 Å². The number of carbonyl (C=O) groups is 3. The van der Waals surface area contributed by atoms with Crippen LogP contribution in [0.3, 0.4) is 0 Å². The molecular formula is C18H25N3O4. The van der Waals surface area contributed by atoms with Crippen LogP contribution >= 0.6 is 0 Å². The Labute approximate surface area is 147 Å². The van der Waals surface area contributed by atoms with Crippen molar-refractivity contribution in [2.45, 2.75) is 20.8 Å². The Balaban J connectivity index is 2.04. The van der Waals surface area contributed by atoms with Gasteiger partial charge < -0.3 is 19.8 Å². The van der Waals surface area contributed by atoms with E-state index in [0.29, 0.717) is 44.8 Å². The van der Waals surface area contributed by atoms with E-state index in [0.717, 1.165) is 5.56 Å². The highest BCUT2D eigenvalue weighted by atomic mass is 16.4. The number of rotatable bonds is 4. The molecule has 7 nitrogen and oxygen atoms in total. The van der Waals surface area contributed by atoms with Gasteiger partial charge in [-0.3, -0.25) is 4.79 Å². The fourth-order valence-electron chi connectivity index (χ4n) is 3.01. The molecule has 0 aliphatic carbocycles. The lowest BCUT2D eigenvalue weighted by Gasteiger charge is -2.37. The topological polar surface area (TPSA) is 81.2 Å². The zero-order chi connectivity index (χ0) is 18.6. The lowest BCUT2D eigenvalue weighted by atomic mass is 10.1. The van der Waals surface area contributed by atoms with Gasteiger partial charge in [0.05, 0.1) is 5.56 Å². The van der Waals surface area contributed by atoms with Crippen molar-refractivity contribution in [3.8, 4) is 0 Å². The lowest BCUT2D eigenvalue weighted by Crippen LogP contribution is -2.54. The minimum absolute atomic E-state index is 0.000757. The van der Waals surface area contributed by atoms with Crippen LogP contribution in [0.25, 0.3) is 0 Å². The molecule has 3 amide bonds. The summed E-state index contributed by atoms with van der Waals surface area (Å²) in [4.78, 5) is 41.4. The quantitative estimate of drug-likeness (QED) is 0.902. The summed E-state index contributed by atoms with van der Waals surface area (Å²) in [6, 6.07) is 4.65. The van der Waals surface area contributed by atoms with Crippen molar-refractivity contribution in [3.63, 3.8) is 0 Å². The number of piperazine rings is 1. The Morgan fingerprint density at radius 1 is 0.960 bits per heavy atom. The van der Waals surface area contributed by atoms with Gasteiger partial charge in [-0.2, -0.15) is 0 Å². The second-order valence-corrected chi connectivity index (χ2v) is 6.13. The largest absolute Gasteiger partial charge is 0.478 e. The molecule has 0 unspecified atom stereocenters.